The van der Waals surface area contributed by atoms with Crippen molar-refractivity contribution in [2.45, 2.75) is 26.2 Å². The summed E-state index contributed by atoms with van der Waals surface area (Å²) in [5.41, 5.74) is 2.35. The molecule has 16 heavy (non-hydrogen) atoms. The number of rotatable bonds is 1. The Morgan fingerprint density at radius 1 is 1.44 bits per heavy atom. The predicted molar refractivity (Wildman–Crippen MR) is 62.9 cm³/mol. The summed E-state index contributed by atoms with van der Waals surface area (Å²) in [6, 6.07) is 2.06. The minimum Gasteiger partial charge on any atom is -0.356 e. The molecule has 1 saturated heterocycles. The fourth-order valence-corrected chi connectivity index (χ4v) is 3.01. The van der Waals surface area contributed by atoms with Crippen molar-refractivity contribution in [2.75, 3.05) is 13.1 Å². The summed E-state index contributed by atoms with van der Waals surface area (Å²) in [5.74, 6) is 2.46. The predicted octanol–water partition coefficient (Wildman–Crippen LogP) is 2.39. The first-order valence-electron chi connectivity index (χ1n) is 6.19. The van der Waals surface area contributed by atoms with Crippen LogP contribution in [-0.2, 0) is 0 Å². The van der Waals surface area contributed by atoms with Crippen molar-refractivity contribution in [3.63, 3.8) is 0 Å². The molecule has 3 rings (SSSR count). The van der Waals surface area contributed by atoms with E-state index < -0.39 is 0 Å². The highest BCUT2D eigenvalue weighted by Crippen LogP contribution is 2.39. The number of nitrogens with zero attached hydrogens (tertiary/aromatic N) is 1. The molecule has 0 spiro atoms. The van der Waals surface area contributed by atoms with Crippen LogP contribution in [0.15, 0.2) is 16.7 Å². The second-order valence-corrected chi connectivity index (χ2v) is 4.93. The van der Waals surface area contributed by atoms with Gasteiger partial charge in [-0.3, -0.25) is 0 Å². The van der Waals surface area contributed by atoms with Gasteiger partial charge in [0.15, 0.2) is 5.76 Å². The number of nitrogens with one attached hydrogen (secondary N) is 1. The molecule has 2 atom stereocenters. The van der Waals surface area contributed by atoms with Gasteiger partial charge in [-0.2, -0.15) is 0 Å². The van der Waals surface area contributed by atoms with Gasteiger partial charge >= 0.3 is 0 Å². The molecule has 86 valence electrons. The third kappa shape index (κ3) is 1.69. The van der Waals surface area contributed by atoms with Gasteiger partial charge in [-0.15, -0.1) is 0 Å². The minimum atomic E-state index is 0.634. The van der Waals surface area contributed by atoms with Gasteiger partial charge in [0.25, 0.3) is 0 Å². The lowest BCUT2D eigenvalue weighted by molar-refractivity contribution is 0.278. The van der Waals surface area contributed by atoms with Gasteiger partial charge in [0, 0.05) is 18.5 Å². The molecule has 0 aromatic carbocycles. The van der Waals surface area contributed by atoms with Crippen molar-refractivity contribution >= 4 is 5.57 Å². The molecular formula is C13H18N2O. The van der Waals surface area contributed by atoms with Crippen LogP contribution in [0.1, 0.15) is 30.7 Å². The van der Waals surface area contributed by atoms with Gasteiger partial charge in [0.2, 0.25) is 0 Å². The Morgan fingerprint density at radius 2 is 2.38 bits per heavy atom. The van der Waals surface area contributed by atoms with E-state index in [9.17, 15) is 0 Å². The van der Waals surface area contributed by atoms with Crippen LogP contribution in [0.4, 0.5) is 0 Å². The summed E-state index contributed by atoms with van der Waals surface area (Å²) in [5, 5.41) is 7.48. The molecule has 0 amide bonds. The second kappa shape index (κ2) is 4.06. The van der Waals surface area contributed by atoms with E-state index in [0.717, 1.165) is 23.9 Å². The molecule has 3 nitrogen and oxygen atoms in total. The molecule has 1 N–H and O–H groups in total. The van der Waals surface area contributed by atoms with Crippen LogP contribution >= 0.6 is 0 Å². The molecule has 3 heteroatoms. The van der Waals surface area contributed by atoms with Crippen molar-refractivity contribution in [3.05, 3.63) is 23.6 Å². The maximum Gasteiger partial charge on any atom is 0.163 e. The molecule has 1 aliphatic carbocycles. The SMILES string of the molecule is Cc1cc(C2=CCC[C@H]3CCNC[C@@H]23)on1. The van der Waals surface area contributed by atoms with Gasteiger partial charge in [-0.05, 0) is 44.2 Å². The number of hydrogen-bond donors (Lipinski definition) is 1. The Kier molecular flexibility index (Phi) is 2.56. The third-order valence-corrected chi connectivity index (χ3v) is 3.84. The van der Waals surface area contributed by atoms with E-state index in [1.807, 2.05) is 6.92 Å². The largest absolute Gasteiger partial charge is 0.356 e. The lowest BCUT2D eigenvalue weighted by atomic mass is 9.74. The zero-order valence-electron chi connectivity index (χ0n) is 9.70. The van der Waals surface area contributed by atoms with E-state index in [4.69, 9.17) is 4.52 Å². The molecular weight excluding hydrogens is 200 g/mol. The van der Waals surface area contributed by atoms with Crippen molar-refractivity contribution in [3.8, 4) is 0 Å². The van der Waals surface area contributed by atoms with E-state index >= 15 is 0 Å². The van der Waals surface area contributed by atoms with Gasteiger partial charge in [-0.1, -0.05) is 11.2 Å². The molecule has 1 fully saturated rings. The molecule has 2 aliphatic rings. The Bertz CT molecular complexity index is 408. The van der Waals surface area contributed by atoms with E-state index in [1.165, 1.54) is 31.4 Å². The lowest BCUT2D eigenvalue weighted by Crippen LogP contribution is -2.38. The number of aryl methyl sites for hydroxylation is 1. The van der Waals surface area contributed by atoms with Gasteiger partial charge in [0.05, 0.1) is 5.69 Å². The monoisotopic (exact) mass is 218 g/mol. The number of piperidine rings is 1. The smallest absolute Gasteiger partial charge is 0.163 e. The van der Waals surface area contributed by atoms with Crippen molar-refractivity contribution in [1.82, 2.24) is 10.5 Å². The summed E-state index contributed by atoms with van der Waals surface area (Å²) in [7, 11) is 0. The Balaban J connectivity index is 1.90. The van der Waals surface area contributed by atoms with Crippen LogP contribution in [0.2, 0.25) is 0 Å². The Morgan fingerprint density at radius 3 is 3.19 bits per heavy atom. The normalized spacial score (nSPS) is 29.7. The summed E-state index contributed by atoms with van der Waals surface area (Å²) < 4.78 is 5.41. The van der Waals surface area contributed by atoms with Crippen LogP contribution in [0, 0.1) is 18.8 Å². The number of hydrogen-bond acceptors (Lipinski definition) is 3. The molecule has 1 aromatic rings. The Hall–Kier alpha value is -1.09. The van der Waals surface area contributed by atoms with E-state index in [2.05, 4.69) is 22.6 Å². The van der Waals surface area contributed by atoms with Crippen LogP contribution in [0.25, 0.3) is 5.57 Å². The molecule has 0 bridgehead atoms. The van der Waals surface area contributed by atoms with Crippen LogP contribution in [-0.4, -0.2) is 18.2 Å². The van der Waals surface area contributed by atoms with Gasteiger partial charge in [0.1, 0.15) is 0 Å². The van der Waals surface area contributed by atoms with Crippen molar-refractivity contribution in [1.29, 1.82) is 0 Å². The average Bonchev–Trinajstić information content (AvgIpc) is 2.75. The summed E-state index contributed by atoms with van der Waals surface area (Å²) in [6.45, 7) is 4.24. The van der Waals surface area contributed by atoms with Crippen molar-refractivity contribution in [2.24, 2.45) is 11.8 Å². The highest BCUT2D eigenvalue weighted by Gasteiger charge is 2.32. The van der Waals surface area contributed by atoms with E-state index in [-0.39, 0.29) is 0 Å². The first kappa shape index (κ1) is 10.1. The standard InChI is InChI=1S/C13H18N2O/c1-9-7-13(16-15-9)11-4-2-3-10-5-6-14-8-12(10)11/h4,7,10,12,14H,2-3,5-6,8H2,1H3/t10-,12+/m0/s1. The summed E-state index contributed by atoms with van der Waals surface area (Å²) >= 11 is 0. The minimum absolute atomic E-state index is 0.634. The van der Waals surface area contributed by atoms with Crippen LogP contribution in [0.3, 0.4) is 0 Å². The van der Waals surface area contributed by atoms with E-state index in [0.29, 0.717) is 5.92 Å². The average molecular weight is 218 g/mol. The molecule has 0 unspecified atom stereocenters. The van der Waals surface area contributed by atoms with Crippen molar-refractivity contribution < 1.29 is 4.52 Å². The number of aromatic nitrogens is 1. The maximum absolute atomic E-state index is 5.41. The van der Waals surface area contributed by atoms with E-state index in [1.54, 1.807) is 0 Å². The fraction of sp³-hybridized carbons (Fsp3) is 0.615. The quantitative estimate of drug-likeness (QED) is 0.786. The van der Waals surface area contributed by atoms with Gasteiger partial charge in [-0.25, -0.2) is 0 Å². The summed E-state index contributed by atoms with van der Waals surface area (Å²) in [6.07, 6.45) is 6.17. The fourth-order valence-electron chi connectivity index (χ4n) is 3.01. The third-order valence-electron chi connectivity index (χ3n) is 3.84. The van der Waals surface area contributed by atoms with Crippen LogP contribution in [0.5, 0.6) is 0 Å². The zero-order valence-corrected chi connectivity index (χ0v) is 9.70. The number of allylic oxidation sites excluding steroid dienone is 1. The maximum atomic E-state index is 5.41. The highest BCUT2D eigenvalue weighted by atomic mass is 16.5. The first-order valence-corrected chi connectivity index (χ1v) is 6.19. The molecule has 1 aliphatic heterocycles. The van der Waals surface area contributed by atoms with Gasteiger partial charge < -0.3 is 9.84 Å². The molecule has 1 aromatic heterocycles. The second-order valence-electron chi connectivity index (χ2n) is 4.93. The number of fused-ring (bicyclic) bond motifs is 1. The molecule has 2 heterocycles. The first-order chi connectivity index (χ1) is 7.84. The summed E-state index contributed by atoms with van der Waals surface area (Å²) in [4.78, 5) is 0. The van der Waals surface area contributed by atoms with Crippen LogP contribution < -0.4 is 5.32 Å². The highest BCUT2D eigenvalue weighted by molar-refractivity contribution is 5.65. The lowest BCUT2D eigenvalue weighted by Gasteiger charge is -2.35. The Labute approximate surface area is 95.9 Å². The molecule has 0 radical (unpaired) electrons. The topological polar surface area (TPSA) is 38.1 Å². The molecule has 0 saturated carbocycles. The zero-order chi connectivity index (χ0) is 11.0.